The molecule has 1 fully saturated rings. The summed E-state index contributed by atoms with van der Waals surface area (Å²) in [7, 11) is 0. The molecule has 0 aromatic carbocycles. The molecule has 0 bridgehead atoms. The van der Waals surface area contributed by atoms with E-state index in [1.165, 1.54) is 64.8 Å². The number of nitrogens with zero attached hydrogens (tertiary/aromatic N) is 1. The first-order valence-corrected chi connectivity index (χ1v) is 6.72. The summed E-state index contributed by atoms with van der Waals surface area (Å²) in [5.74, 6) is 0.829. The molecule has 1 aliphatic heterocycles. The summed E-state index contributed by atoms with van der Waals surface area (Å²) in [5, 5.41) is 3.54. The van der Waals surface area contributed by atoms with E-state index in [-0.39, 0.29) is 0 Å². The van der Waals surface area contributed by atoms with Crippen molar-refractivity contribution < 1.29 is 0 Å². The molecule has 0 saturated carbocycles. The van der Waals surface area contributed by atoms with Crippen molar-refractivity contribution in [2.45, 2.75) is 46.0 Å². The van der Waals surface area contributed by atoms with Gasteiger partial charge in [0, 0.05) is 13.1 Å². The van der Waals surface area contributed by atoms with E-state index in [2.05, 4.69) is 24.1 Å². The van der Waals surface area contributed by atoms with E-state index in [1.54, 1.807) is 0 Å². The molecule has 2 nitrogen and oxygen atoms in total. The predicted octanol–water partition coefficient (Wildman–Crippen LogP) is 2.50. The van der Waals surface area contributed by atoms with Crippen LogP contribution in [0.15, 0.2) is 0 Å². The molecule has 15 heavy (non-hydrogen) atoms. The molecule has 90 valence electrons. The molecule has 1 saturated heterocycles. The molecule has 0 amide bonds. The van der Waals surface area contributed by atoms with Crippen LogP contribution < -0.4 is 5.32 Å². The summed E-state index contributed by atoms with van der Waals surface area (Å²) in [5.41, 5.74) is 0. The zero-order valence-corrected chi connectivity index (χ0v) is 10.6. The van der Waals surface area contributed by atoms with Crippen molar-refractivity contribution in [2.75, 3.05) is 32.7 Å². The molecular formula is C13H28N2. The maximum absolute atomic E-state index is 3.54. The third kappa shape index (κ3) is 6.91. The molecule has 2 heteroatoms. The first-order chi connectivity index (χ1) is 7.29. The summed E-state index contributed by atoms with van der Waals surface area (Å²) in [6.07, 6.45) is 7.01. The van der Waals surface area contributed by atoms with E-state index >= 15 is 0 Å². The first-order valence-electron chi connectivity index (χ1n) is 6.72. The summed E-state index contributed by atoms with van der Waals surface area (Å²) in [4.78, 5) is 2.62. The van der Waals surface area contributed by atoms with Gasteiger partial charge in [-0.3, -0.25) is 0 Å². The molecule has 1 rings (SSSR count). The third-order valence-corrected chi connectivity index (χ3v) is 3.20. The highest BCUT2D eigenvalue weighted by Gasteiger charge is 2.07. The van der Waals surface area contributed by atoms with Crippen molar-refractivity contribution in [3.63, 3.8) is 0 Å². The molecule has 0 unspecified atom stereocenters. The van der Waals surface area contributed by atoms with Gasteiger partial charge in [0.25, 0.3) is 0 Å². The highest BCUT2D eigenvalue weighted by molar-refractivity contribution is 4.64. The van der Waals surface area contributed by atoms with Crippen LogP contribution in [0.25, 0.3) is 0 Å². The van der Waals surface area contributed by atoms with Crippen molar-refractivity contribution >= 4 is 0 Å². The average molecular weight is 212 g/mol. The van der Waals surface area contributed by atoms with Crippen molar-refractivity contribution in [2.24, 2.45) is 5.92 Å². The van der Waals surface area contributed by atoms with E-state index in [0.717, 1.165) is 5.92 Å². The Balaban J connectivity index is 1.94. The fourth-order valence-electron chi connectivity index (χ4n) is 2.11. The molecule has 1 N–H and O–H groups in total. The predicted molar refractivity (Wildman–Crippen MR) is 67.2 cm³/mol. The molecule has 1 aliphatic rings. The monoisotopic (exact) mass is 212 g/mol. The Hall–Kier alpha value is -0.0800. The summed E-state index contributed by atoms with van der Waals surface area (Å²) < 4.78 is 0. The molecule has 0 radical (unpaired) electrons. The molecule has 0 aromatic rings. The minimum Gasteiger partial charge on any atom is -0.315 e. The van der Waals surface area contributed by atoms with Crippen LogP contribution in [0.1, 0.15) is 46.0 Å². The van der Waals surface area contributed by atoms with Gasteiger partial charge in [-0.05, 0) is 44.8 Å². The van der Waals surface area contributed by atoms with Gasteiger partial charge in [-0.2, -0.15) is 0 Å². The lowest BCUT2D eigenvalue weighted by atomic mass is 10.1. The van der Waals surface area contributed by atoms with Crippen LogP contribution in [0, 0.1) is 5.92 Å². The Labute approximate surface area is 95.4 Å². The Morgan fingerprint density at radius 3 is 2.27 bits per heavy atom. The van der Waals surface area contributed by atoms with Gasteiger partial charge in [0.15, 0.2) is 0 Å². The quantitative estimate of drug-likeness (QED) is 0.681. The van der Waals surface area contributed by atoms with Gasteiger partial charge in [0.05, 0.1) is 0 Å². The highest BCUT2D eigenvalue weighted by atomic mass is 15.1. The van der Waals surface area contributed by atoms with Gasteiger partial charge in [-0.25, -0.2) is 0 Å². The van der Waals surface area contributed by atoms with Crippen LogP contribution >= 0.6 is 0 Å². The van der Waals surface area contributed by atoms with Gasteiger partial charge in [-0.1, -0.05) is 26.7 Å². The Morgan fingerprint density at radius 1 is 1.00 bits per heavy atom. The van der Waals surface area contributed by atoms with E-state index in [9.17, 15) is 0 Å². The van der Waals surface area contributed by atoms with Crippen LogP contribution in [0.5, 0.6) is 0 Å². The maximum Gasteiger partial charge on any atom is 0.0107 e. The van der Waals surface area contributed by atoms with Crippen LogP contribution in [-0.2, 0) is 0 Å². The third-order valence-electron chi connectivity index (χ3n) is 3.20. The van der Waals surface area contributed by atoms with E-state index < -0.39 is 0 Å². The lowest BCUT2D eigenvalue weighted by Crippen LogP contribution is -2.33. The highest BCUT2D eigenvalue weighted by Crippen LogP contribution is 2.08. The Kier molecular flexibility index (Phi) is 7.03. The SMILES string of the molecule is CC(C)CCNCCN1CCCCCC1. The van der Waals surface area contributed by atoms with E-state index in [1.807, 2.05) is 0 Å². The topological polar surface area (TPSA) is 15.3 Å². The lowest BCUT2D eigenvalue weighted by Gasteiger charge is -2.19. The molecule has 1 heterocycles. The fraction of sp³-hybridized carbons (Fsp3) is 1.00. The van der Waals surface area contributed by atoms with Crippen molar-refractivity contribution in [3.05, 3.63) is 0 Å². The minimum absolute atomic E-state index is 0.829. The molecule has 0 spiro atoms. The lowest BCUT2D eigenvalue weighted by molar-refractivity contribution is 0.283. The zero-order chi connectivity index (χ0) is 10.9. The number of hydrogen-bond acceptors (Lipinski definition) is 2. The smallest absolute Gasteiger partial charge is 0.0107 e. The number of rotatable bonds is 6. The second kappa shape index (κ2) is 8.12. The first kappa shape index (κ1) is 13.0. The number of nitrogens with one attached hydrogen (secondary N) is 1. The second-order valence-corrected chi connectivity index (χ2v) is 5.19. The molecule has 0 aliphatic carbocycles. The second-order valence-electron chi connectivity index (χ2n) is 5.19. The molecular weight excluding hydrogens is 184 g/mol. The standard InChI is InChI=1S/C13H28N2/c1-13(2)7-8-14-9-12-15-10-5-3-4-6-11-15/h13-14H,3-12H2,1-2H3. The maximum atomic E-state index is 3.54. The van der Waals surface area contributed by atoms with Gasteiger partial charge in [-0.15, -0.1) is 0 Å². The van der Waals surface area contributed by atoms with Gasteiger partial charge in [0.2, 0.25) is 0 Å². The van der Waals surface area contributed by atoms with Crippen molar-refractivity contribution in [1.29, 1.82) is 0 Å². The summed E-state index contributed by atoms with van der Waals surface area (Å²) in [6.45, 7) is 10.8. The van der Waals surface area contributed by atoms with Crippen LogP contribution in [-0.4, -0.2) is 37.6 Å². The summed E-state index contributed by atoms with van der Waals surface area (Å²) in [6, 6.07) is 0. The minimum atomic E-state index is 0.829. The molecule has 0 atom stereocenters. The number of hydrogen-bond donors (Lipinski definition) is 1. The molecule has 0 aromatic heterocycles. The van der Waals surface area contributed by atoms with Crippen LogP contribution in [0.3, 0.4) is 0 Å². The van der Waals surface area contributed by atoms with Gasteiger partial charge < -0.3 is 10.2 Å². The summed E-state index contributed by atoms with van der Waals surface area (Å²) >= 11 is 0. The van der Waals surface area contributed by atoms with Gasteiger partial charge in [0.1, 0.15) is 0 Å². The largest absolute Gasteiger partial charge is 0.315 e. The van der Waals surface area contributed by atoms with Gasteiger partial charge >= 0.3 is 0 Å². The van der Waals surface area contributed by atoms with Crippen LogP contribution in [0.4, 0.5) is 0 Å². The van der Waals surface area contributed by atoms with Crippen molar-refractivity contribution in [1.82, 2.24) is 10.2 Å². The van der Waals surface area contributed by atoms with E-state index in [0.29, 0.717) is 0 Å². The Morgan fingerprint density at radius 2 is 1.67 bits per heavy atom. The number of likely N-dealkylation sites (tertiary alicyclic amines) is 1. The Bertz CT molecular complexity index is 137. The van der Waals surface area contributed by atoms with Crippen molar-refractivity contribution in [3.8, 4) is 0 Å². The van der Waals surface area contributed by atoms with E-state index in [4.69, 9.17) is 0 Å². The zero-order valence-electron chi connectivity index (χ0n) is 10.6. The average Bonchev–Trinajstić information content (AvgIpc) is 2.45. The fourth-order valence-corrected chi connectivity index (χ4v) is 2.11. The van der Waals surface area contributed by atoms with Crippen LogP contribution in [0.2, 0.25) is 0 Å². The normalized spacial score (nSPS) is 19.4.